The highest BCUT2D eigenvalue weighted by Crippen LogP contribution is 2.23. The Kier molecular flexibility index (Phi) is 4.38. The van der Waals surface area contributed by atoms with E-state index in [1.807, 2.05) is 0 Å². The zero-order valence-electron chi connectivity index (χ0n) is 10.0. The molecule has 5 heteroatoms. The van der Waals surface area contributed by atoms with E-state index in [0.717, 1.165) is 0 Å². The summed E-state index contributed by atoms with van der Waals surface area (Å²) in [6.45, 7) is 5.95. The van der Waals surface area contributed by atoms with Crippen LogP contribution in [0.3, 0.4) is 0 Å². The number of aliphatic hydroxyl groups is 1. The SMILES string of the molecule is CC(=O)SCC1CC(=O)N(CC(C)(C)O)C1. The van der Waals surface area contributed by atoms with Gasteiger partial charge >= 0.3 is 0 Å². The molecule has 1 N–H and O–H groups in total. The second kappa shape index (κ2) is 5.19. The van der Waals surface area contributed by atoms with Crippen LogP contribution in [0.25, 0.3) is 0 Å². The van der Waals surface area contributed by atoms with Crippen molar-refractivity contribution in [3.8, 4) is 0 Å². The highest BCUT2D eigenvalue weighted by atomic mass is 32.2. The van der Waals surface area contributed by atoms with Crippen molar-refractivity contribution in [3.63, 3.8) is 0 Å². The third-order valence-electron chi connectivity index (χ3n) is 2.39. The molecule has 0 bridgehead atoms. The van der Waals surface area contributed by atoms with Gasteiger partial charge in [0, 0.05) is 32.2 Å². The van der Waals surface area contributed by atoms with Crippen molar-refractivity contribution in [2.24, 2.45) is 5.92 Å². The number of nitrogens with zero attached hydrogens (tertiary/aromatic N) is 1. The van der Waals surface area contributed by atoms with E-state index in [9.17, 15) is 14.7 Å². The Labute approximate surface area is 100 Å². The molecule has 1 saturated heterocycles. The maximum Gasteiger partial charge on any atom is 0.223 e. The van der Waals surface area contributed by atoms with Gasteiger partial charge in [-0.2, -0.15) is 0 Å². The van der Waals surface area contributed by atoms with E-state index in [-0.39, 0.29) is 16.9 Å². The summed E-state index contributed by atoms with van der Waals surface area (Å²) in [4.78, 5) is 24.1. The molecule has 16 heavy (non-hydrogen) atoms. The number of carbonyl (C=O) groups excluding carboxylic acids is 2. The second-order valence-electron chi connectivity index (χ2n) is 4.96. The Morgan fingerprint density at radius 2 is 2.25 bits per heavy atom. The summed E-state index contributed by atoms with van der Waals surface area (Å²) >= 11 is 1.27. The van der Waals surface area contributed by atoms with E-state index in [2.05, 4.69) is 0 Å². The minimum absolute atomic E-state index is 0.0799. The molecule has 1 rings (SSSR count). The number of β-amino-alcohol motifs (C(OH)–C–C–N with tert-alkyl or cyclic N) is 1. The quantitative estimate of drug-likeness (QED) is 0.799. The van der Waals surface area contributed by atoms with E-state index in [0.29, 0.717) is 25.3 Å². The van der Waals surface area contributed by atoms with Crippen molar-refractivity contribution < 1.29 is 14.7 Å². The van der Waals surface area contributed by atoms with Crippen LogP contribution in [0.5, 0.6) is 0 Å². The minimum atomic E-state index is -0.849. The highest BCUT2D eigenvalue weighted by Gasteiger charge is 2.32. The molecule has 0 aromatic heterocycles. The van der Waals surface area contributed by atoms with Crippen LogP contribution in [0, 0.1) is 5.92 Å². The summed E-state index contributed by atoms with van der Waals surface area (Å²) < 4.78 is 0. The van der Waals surface area contributed by atoms with Gasteiger partial charge in [-0.1, -0.05) is 11.8 Å². The maximum atomic E-state index is 11.6. The van der Waals surface area contributed by atoms with E-state index in [1.165, 1.54) is 18.7 Å². The number of rotatable bonds is 4. The first-order valence-electron chi connectivity index (χ1n) is 5.41. The zero-order valence-corrected chi connectivity index (χ0v) is 10.8. The van der Waals surface area contributed by atoms with Gasteiger partial charge in [0.2, 0.25) is 5.91 Å². The van der Waals surface area contributed by atoms with E-state index in [4.69, 9.17) is 0 Å². The average molecular weight is 245 g/mol. The summed E-state index contributed by atoms with van der Waals surface area (Å²) in [5.74, 6) is 1.02. The van der Waals surface area contributed by atoms with Crippen molar-refractivity contribution >= 4 is 22.8 Å². The van der Waals surface area contributed by atoms with Gasteiger partial charge in [-0.25, -0.2) is 0 Å². The Balaban J connectivity index is 2.41. The monoisotopic (exact) mass is 245 g/mol. The topological polar surface area (TPSA) is 57.6 Å². The van der Waals surface area contributed by atoms with Crippen LogP contribution in [0.4, 0.5) is 0 Å². The minimum Gasteiger partial charge on any atom is -0.389 e. The third kappa shape index (κ3) is 4.53. The molecule has 1 aliphatic heterocycles. The zero-order chi connectivity index (χ0) is 12.3. The van der Waals surface area contributed by atoms with Crippen LogP contribution in [0.1, 0.15) is 27.2 Å². The summed E-state index contributed by atoms with van der Waals surface area (Å²) in [5.41, 5.74) is -0.849. The van der Waals surface area contributed by atoms with Gasteiger partial charge in [-0.05, 0) is 19.8 Å². The van der Waals surface area contributed by atoms with Gasteiger partial charge in [0.25, 0.3) is 0 Å². The Morgan fingerprint density at radius 1 is 1.62 bits per heavy atom. The first-order valence-corrected chi connectivity index (χ1v) is 6.40. The molecule has 0 spiro atoms. The van der Waals surface area contributed by atoms with Crippen LogP contribution in [0.15, 0.2) is 0 Å². The summed E-state index contributed by atoms with van der Waals surface area (Å²) in [7, 11) is 0. The molecule has 0 aromatic carbocycles. The summed E-state index contributed by atoms with van der Waals surface area (Å²) in [5, 5.41) is 9.74. The van der Waals surface area contributed by atoms with Crippen LogP contribution in [0.2, 0.25) is 0 Å². The van der Waals surface area contributed by atoms with E-state index < -0.39 is 5.60 Å². The van der Waals surface area contributed by atoms with Crippen molar-refractivity contribution in [1.82, 2.24) is 4.90 Å². The molecule has 92 valence electrons. The maximum absolute atomic E-state index is 11.6. The van der Waals surface area contributed by atoms with Gasteiger partial charge in [0.15, 0.2) is 5.12 Å². The van der Waals surface area contributed by atoms with E-state index in [1.54, 1.807) is 18.7 Å². The number of carbonyl (C=O) groups is 2. The van der Waals surface area contributed by atoms with E-state index >= 15 is 0 Å². The number of thioether (sulfide) groups is 1. The Morgan fingerprint density at radius 3 is 2.75 bits per heavy atom. The molecule has 1 atom stereocenters. The molecule has 4 nitrogen and oxygen atoms in total. The standard InChI is InChI=1S/C11H19NO3S/c1-8(13)16-6-9-4-10(14)12(5-9)7-11(2,3)15/h9,15H,4-7H2,1-3H3. The van der Waals surface area contributed by atoms with Crippen LogP contribution >= 0.6 is 11.8 Å². The second-order valence-corrected chi connectivity index (χ2v) is 6.16. The first kappa shape index (κ1) is 13.5. The number of hydrogen-bond acceptors (Lipinski definition) is 4. The molecule has 0 radical (unpaired) electrons. The summed E-state index contributed by atoms with van der Waals surface area (Å²) in [6, 6.07) is 0. The van der Waals surface area contributed by atoms with Crippen LogP contribution < -0.4 is 0 Å². The number of amides is 1. The molecule has 1 fully saturated rings. The normalized spacial score (nSPS) is 21.6. The lowest BCUT2D eigenvalue weighted by Gasteiger charge is -2.25. The molecular weight excluding hydrogens is 226 g/mol. The molecule has 1 amide bonds. The van der Waals surface area contributed by atoms with Crippen LogP contribution in [-0.4, -0.2) is 45.5 Å². The lowest BCUT2D eigenvalue weighted by atomic mass is 10.1. The Bertz CT molecular complexity index is 285. The average Bonchev–Trinajstić information content (AvgIpc) is 2.41. The lowest BCUT2D eigenvalue weighted by molar-refractivity contribution is -0.130. The van der Waals surface area contributed by atoms with Gasteiger partial charge in [-0.3, -0.25) is 9.59 Å². The van der Waals surface area contributed by atoms with Crippen molar-refractivity contribution in [2.75, 3.05) is 18.8 Å². The van der Waals surface area contributed by atoms with Crippen molar-refractivity contribution in [3.05, 3.63) is 0 Å². The third-order valence-corrected chi connectivity index (χ3v) is 3.44. The molecule has 1 aliphatic rings. The summed E-state index contributed by atoms with van der Waals surface area (Å²) in [6.07, 6.45) is 0.496. The predicted molar refractivity (Wildman–Crippen MR) is 64.1 cm³/mol. The fourth-order valence-electron chi connectivity index (χ4n) is 1.82. The predicted octanol–water partition coefficient (Wildman–Crippen LogP) is 0.886. The highest BCUT2D eigenvalue weighted by molar-refractivity contribution is 8.13. The van der Waals surface area contributed by atoms with Gasteiger partial charge < -0.3 is 10.0 Å². The van der Waals surface area contributed by atoms with Crippen molar-refractivity contribution in [1.29, 1.82) is 0 Å². The smallest absolute Gasteiger partial charge is 0.223 e. The first-order chi connectivity index (χ1) is 7.28. The molecule has 1 unspecified atom stereocenters. The van der Waals surface area contributed by atoms with Gasteiger partial charge in [0.1, 0.15) is 0 Å². The van der Waals surface area contributed by atoms with Gasteiger partial charge in [0.05, 0.1) is 5.60 Å². The molecular formula is C11H19NO3S. The fraction of sp³-hybridized carbons (Fsp3) is 0.818. The molecule has 0 aromatic rings. The fourth-order valence-corrected chi connectivity index (χ4v) is 2.51. The Hall–Kier alpha value is -0.550. The number of likely N-dealkylation sites (tertiary alicyclic amines) is 1. The lowest BCUT2D eigenvalue weighted by Crippen LogP contribution is -2.39. The largest absolute Gasteiger partial charge is 0.389 e. The van der Waals surface area contributed by atoms with Crippen LogP contribution in [-0.2, 0) is 9.59 Å². The number of hydrogen-bond donors (Lipinski definition) is 1. The molecule has 1 heterocycles. The van der Waals surface area contributed by atoms with Gasteiger partial charge in [-0.15, -0.1) is 0 Å². The molecule has 0 aliphatic carbocycles. The van der Waals surface area contributed by atoms with Crippen molar-refractivity contribution in [2.45, 2.75) is 32.8 Å². The molecule has 0 saturated carbocycles.